The van der Waals surface area contributed by atoms with Gasteiger partial charge in [0.1, 0.15) is 6.29 Å². The number of carboxylic acid groups (broad SMARTS) is 1. The molecule has 0 saturated carbocycles. The molecule has 0 amide bonds. The normalized spacial score (nSPS) is 33.1. The number of carbonyl (C=O) groups is 2. The fourth-order valence-electron chi connectivity index (χ4n) is 3.38. The zero-order chi connectivity index (χ0) is 13.7. The summed E-state index contributed by atoms with van der Waals surface area (Å²) in [4.78, 5) is 21.1. The number of carboxylic acids is 1. The number of carbonyl (C=O) groups excluding carboxylic acids is 1. The highest BCUT2D eigenvalue weighted by Gasteiger charge is 2.47. The van der Waals surface area contributed by atoms with Crippen LogP contribution in [0.4, 0.5) is 0 Å². The van der Waals surface area contributed by atoms with E-state index >= 15 is 0 Å². The molecule has 0 aromatic heterocycles. The number of hydrogen-bond donors (Lipinski definition) is 1. The number of hydrogen-bond acceptors (Lipinski definition) is 3. The highest BCUT2D eigenvalue weighted by Crippen LogP contribution is 2.46. The first kappa shape index (κ1) is 14.3. The van der Waals surface area contributed by atoms with Gasteiger partial charge in [-0.2, -0.15) is 0 Å². The van der Waals surface area contributed by atoms with Crippen LogP contribution in [0, 0.1) is 11.8 Å². The van der Waals surface area contributed by atoms with Gasteiger partial charge in [0.2, 0.25) is 0 Å². The maximum absolute atomic E-state index is 10.7. The predicted octanol–water partition coefficient (Wildman–Crippen LogP) is 2.57. The Labute approximate surface area is 113 Å². The average Bonchev–Trinajstić information content (AvgIpc) is 2.95. The second-order valence-electron chi connectivity index (χ2n) is 5.51. The van der Waals surface area contributed by atoms with Gasteiger partial charge in [-0.05, 0) is 43.9 Å². The van der Waals surface area contributed by atoms with Crippen LogP contribution in [-0.2, 0) is 14.3 Å². The molecule has 2 heterocycles. The van der Waals surface area contributed by atoms with Crippen LogP contribution in [-0.4, -0.2) is 29.6 Å². The lowest BCUT2D eigenvalue weighted by molar-refractivity contribution is -0.137. The SMILES string of the molecule is O=CC[C@H]1[C@@H](C/C=C\CCCC(=O)O)[C@H]2CC[C@@H]1O2. The van der Waals surface area contributed by atoms with Gasteiger partial charge >= 0.3 is 5.97 Å². The summed E-state index contributed by atoms with van der Waals surface area (Å²) in [5.74, 6) is 0.126. The van der Waals surface area contributed by atoms with Crippen LogP contribution < -0.4 is 0 Å². The lowest BCUT2D eigenvalue weighted by Gasteiger charge is -2.25. The average molecular weight is 266 g/mol. The number of rotatable bonds is 8. The van der Waals surface area contributed by atoms with E-state index in [1.807, 2.05) is 0 Å². The van der Waals surface area contributed by atoms with Gasteiger partial charge in [-0.3, -0.25) is 4.79 Å². The van der Waals surface area contributed by atoms with E-state index in [0.29, 0.717) is 36.9 Å². The summed E-state index contributed by atoms with van der Waals surface area (Å²) in [5.41, 5.74) is 0. The van der Waals surface area contributed by atoms with Crippen LogP contribution in [0.3, 0.4) is 0 Å². The lowest BCUT2D eigenvalue weighted by atomic mass is 9.76. The lowest BCUT2D eigenvalue weighted by Crippen LogP contribution is -2.27. The smallest absolute Gasteiger partial charge is 0.303 e. The second kappa shape index (κ2) is 6.85. The molecule has 0 spiro atoms. The molecule has 0 aromatic rings. The topological polar surface area (TPSA) is 63.6 Å². The minimum atomic E-state index is -0.735. The van der Waals surface area contributed by atoms with E-state index in [0.717, 1.165) is 32.0 Å². The molecule has 0 aliphatic carbocycles. The molecule has 106 valence electrons. The Bertz CT molecular complexity index is 350. The van der Waals surface area contributed by atoms with E-state index in [9.17, 15) is 9.59 Å². The zero-order valence-corrected chi connectivity index (χ0v) is 11.2. The van der Waals surface area contributed by atoms with Crippen molar-refractivity contribution in [3.63, 3.8) is 0 Å². The zero-order valence-electron chi connectivity index (χ0n) is 11.2. The van der Waals surface area contributed by atoms with Crippen molar-refractivity contribution in [3.05, 3.63) is 12.2 Å². The van der Waals surface area contributed by atoms with Crippen molar-refractivity contribution in [3.8, 4) is 0 Å². The maximum Gasteiger partial charge on any atom is 0.303 e. The Morgan fingerprint density at radius 1 is 1.16 bits per heavy atom. The molecule has 4 heteroatoms. The molecule has 2 aliphatic heterocycles. The van der Waals surface area contributed by atoms with Crippen molar-refractivity contribution < 1.29 is 19.4 Å². The highest BCUT2D eigenvalue weighted by molar-refractivity contribution is 5.66. The minimum Gasteiger partial charge on any atom is -0.481 e. The summed E-state index contributed by atoms with van der Waals surface area (Å²) in [6.07, 6.45) is 11.3. The van der Waals surface area contributed by atoms with Crippen molar-refractivity contribution in [1.29, 1.82) is 0 Å². The summed E-state index contributed by atoms with van der Waals surface area (Å²) in [6.45, 7) is 0. The van der Waals surface area contributed by atoms with Crippen molar-refractivity contribution in [2.45, 2.75) is 57.2 Å². The van der Waals surface area contributed by atoms with E-state index in [1.54, 1.807) is 0 Å². The third-order valence-corrected chi connectivity index (χ3v) is 4.30. The molecule has 4 atom stereocenters. The largest absolute Gasteiger partial charge is 0.481 e. The number of aldehydes is 1. The highest BCUT2D eigenvalue weighted by atomic mass is 16.5. The monoisotopic (exact) mass is 266 g/mol. The molecule has 19 heavy (non-hydrogen) atoms. The molecule has 0 radical (unpaired) electrons. The summed E-state index contributed by atoms with van der Waals surface area (Å²) in [7, 11) is 0. The van der Waals surface area contributed by atoms with Gasteiger partial charge in [0.05, 0.1) is 12.2 Å². The molecule has 4 nitrogen and oxygen atoms in total. The van der Waals surface area contributed by atoms with Gasteiger partial charge in [0.15, 0.2) is 0 Å². The minimum absolute atomic E-state index is 0.231. The molecule has 0 unspecified atom stereocenters. The third-order valence-electron chi connectivity index (χ3n) is 4.30. The molecule has 2 aliphatic rings. The molecule has 2 fully saturated rings. The van der Waals surface area contributed by atoms with Crippen molar-refractivity contribution >= 4 is 12.3 Å². The summed E-state index contributed by atoms with van der Waals surface area (Å²) in [6, 6.07) is 0. The van der Waals surface area contributed by atoms with Crippen LogP contribution in [0.2, 0.25) is 0 Å². The predicted molar refractivity (Wildman–Crippen MR) is 70.8 cm³/mol. The first-order valence-electron chi connectivity index (χ1n) is 7.18. The van der Waals surface area contributed by atoms with Crippen molar-refractivity contribution in [1.82, 2.24) is 0 Å². The van der Waals surface area contributed by atoms with Crippen LogP contribution in [0.5, 0.6) is 0 Å². The quantitative estimate of drug-likeness (QED) is 0.416. The Kier molecular flexibility index (Phi) is 5.14. The van der Waals surface area contributed by atoms with E-state index < -0.39 is 5.97 Å². The van der Waals surface area contributed by atoms with E-state index in [4.69, 9.17) is 9.84 Å². The Hall–Kier alpha value is -1.16. The molecule has 0 aromatic carbocycles. The molecule has 2 saturated heterocycles. The summed E-state index contributed by atoms with van der Waals surface area (Å²) in [5, 5.41) is 8.53. The van der Waals surface area contributed by atoms with Gasteiger partial charge in [-0.1, -0.05) is 12.2 Å². The van der Waals surface area contributed by atoms with Crippen molar-refractivity contribution in [2.24, 2.45) is 11.8 Å². The fourth-order valence-corrected chi connectivity index (χ4v) is 3.38. The fraction of sp³-hybridized carbons (Fsp3) is 0.733. The van der Waals surface area contributed by atoms with E-state index in [-0.39, 0.29) is 6.42 Å². The van der Waals surface area contributed by atoms with Crippen molar-refractivity contribution in [2.75, 3.05) is 0 Å². The number of unbranched alkanes of at least 4 members (excludes halogenated alkanes) is 1. The van der Waals surface area contributed by atoms with Crippen LogP contribution in [0.1, 0.15) is 44.9 Å². The van der Waals surface area contributed by atoms with E-state index in [1.165, 1.54) is 0 Å². The summed E-state index contributed by atoms with van der Waals surface area (Å²) >= 11 is 0. The number of ether oxygens (including phenoxy) is 1. The second-order valence-corrected chi connectivity index (χ2v) is 5.51. The molecule has 2 rings (SSSR count). The van der Waals surface area contributed by atoms with Gasteiger partial charge in [0, 0.05) is 12.8 Å². The molecular weight excluding hydrogens is 244 g/mol. The van der Waals surface area contributed by atoms with Gasteiger partial charge in [0.25, 0.3) is 0 Å². The van der Waals surface area contributed by atoms with Crippen LogP contribution in [0.15, 0.2) is 12.2 Å². The maximum atomic E-state index is 10.7. The third kappa shape index (κ3) is 3.66. The van der Waals surface area contributed by atoms with E-state index in [2.05, 4.69) is 12.2 Å². The molecule has 1 N–H and O–H groups in total. The Balaban J connectivity index is 1.73. The number of allylic oxidation sites excluding steroid dienone is 2. The molecule has 2 bridgehead atoms. The number of aliphatic carboxylic acids is 1. The van der Waals surface area contributed by atoms with Gasteiger partial charge in [-0.25, -0.2) is 0 Å². The number of fused-ring (bicyclic) bond motifs is 2. The summed E-state index contributed by atoms with van der Waals surface area (Å²) < 4.78 is 5.89. The Morgan fingerprint density at radius 2 is 1.84 bits per heavy atom. The van der Waals surface area contributed by atoms with Gasteiger partial charge < -0.3 is 14.6 Å². The first-order valence-corrected chi connectivity index (χ1v) is 7.18. The standard InChI is InChI=1S/C15H22O4/c16-10-9-12-11(13-7-8-14(12)19-13)5-3-1-2-4-6-15(17)18/h1,3,10-14H,2,4-9H2,(H,17,18)/b3-1-/t11-,12+,13-,14+/m1/s1. The Morgan fingerprint density at radius 3 is 2.47 bits per heavy atom. The van der Waals surface area contributed by atoms with Crippen LogP contribution >= 0.6 is 0 Å². The van der Waals surface area contributed by atoms with Crippen LogP contribution in [0.25, 0.3) is 0 Å². The first-order chi connectivity index (χ1) is 9.22. The van der Waals surface area contributed by atoms with Gasteiger partial charge in [-0.15, -0.1) is 0 Å². The molecular formula is C15H22O4.